The molecule has 0 saturated heterocycles. The first kappa shape index (κ1) is 39.1. The number of benzene rings is 11. The van der Waals surface area contributed by atoms with Crippen LogP contribution in [-0.2, 0) is 0 Å². The molecule has 0 aromatic heterocycles. The third-order valence-corrected chi connectivity index (χ3v) is 13.0. The molecule has 12 heteroatoms. The quantitative estimate of drug-likeness (QED) is 0.171. The SMILES string of the molecule is [B]c1c([B])c(-c2c([B])c([B])c(-c3c([B])c([B])c([B])c(-c4cc5cccc6ccc7cccc4c7c65)c3[B])c([B])c2[B])c([B])c(-c2ccc3ccc4cccc5ccc2c3c45)c1[B]. The summed E-state index contributed by atoms with van der Waals surface area (Å²) >= 11 is 0. The Morgan fingerprint density at radius 3 is 1.02 bits per heavy atom. The molecule has 0 atom stereocenters. The Morgan fingerprint density at radius 1 is 0.210 bits per heavy atom. The van der Waals surface area contributed by atoms with Crippen LogP contribution in [0.2, 0.25) is 0 Å². The Morgan fingerprint density at radius 2 is 0.516 bits per heavy atom. The van der Waals surface area contributed by atoms with Crippen molar-refractivity contribution >= 4 is 224 Å². The second kappa shape index (κ2) is 13.9. The zero-order valence-electron chi connectivity index (χ0n) is 33.3. The molecule has 0 aliphatic carbocycles. The molecule has 24 radical (unpaired) electrons. The maximum absolute atomic E-state index is 7.20. The summed E-state index contributed by atoms with van der Waals surface area (Å²) in [5.41, 5.74) is 4.30. The summed E-state index contributed by atoms with van der Waals surface area (Å²) in [6, 6.07) is 37.1. The van der Waals surface area contributed by atoms with Crippen LogP contribution < -0.4 is 65.6 Å². The Kier molecular flexibility index (Phi) is 8.77. The number of rotatable bonds is 4. The van der Waals surface area contributed by atoms with Crippen LogP contribution in [0.25, 0.3) is 109 Å². The Hall–Kier alpha value is -5.72. The summed E-state index contributed by atoms with van der Waals surface area (Å²) in [5, 5.41) is 12.6. The third-order valence-electron chi connectivity index (χ3n) is 13.0. The predicted molar refractivity (Wildman–Crippen MR) is 280 cm³/mol. The molecule has 0 amide bonds. The van der Waals surface area contributed by atoms with Crippen LogP contribution in [0.4, 0.5) is 0 Å². The van der Waals surface area contributed by atoms with E-state index in [0.717, 1.165) is 75.8 Å². The smallest absolute Gasteiger partial charge is 0.109 e. The molecule has 11 rings (SSSR count). The van der Waals surface area contributed by atoms with Crippen molar-refractivity contribution in [3.05, 3.63) is 109 Å². The highest BCUT2D eigenvalue weighted by molar-refractivity contribution is 6.70. The van der Waals surface area contributed by atoms with Gasteiger partial charge in [0.15, 0.2) is 0 Å². The maximum atomic E-state index is 7.20. The molecule has 0 fully saturated rings. The lowest BCUT2D eigenvalue weighted by molar-refractivity contribution is 1.74. The molecule has 0 bridgehead atoms. The Bertz CT molecular complexity index is 3730. The summed E-state index contributed by atoms with van der Waals surface area (Å²) in [6.45, 7) is 0. The van der Waals surface area contributed by atoms with Gasteiger partial charge in [-0.2, -0.15) is 0 Å². The van der Waals surface area contributed by atoms with E-state index in [-0.39, 0.29) is 87.8 Å². The largest absolute Gasteiger partial charge is 0.115 e. The summed E-state index contributed by atoms with van der Waals surface area (Å²) in [7, 11) is 83.3. The van der Waals surface area contributed by atoms with Gasteiger partial charge in [0.1, 0.15) is 94.2 Å². The van der Waals surface area contributed by atoms with Crippen molar-refractivity contribution in [3.63, 3.8) is 0 Å². The molecule has 0 unspecified atom stereocenters. The van der Waals surface area contributed by atoms with Gasteiger partial charge in [0.2, 0.25) is 0 Å². The highest BCUT2D eigenvalue weighted by atomic mass is 14.3. The van der Waals surface area contributed by atoms with Crippen LogP contribution in [0.5, 0.6) is 0 Å². The van der Waals surface area contributed by atoms with Crippen molar-refractivity contribution in [1.82, 2.24) is 0 Å². The van der Waals surface area contributed by atoms with Crippen LogP contribution in [-0.4, -0.2) is 94.2 Å². The summed E-state index contributed by atoms with van der Waals surface area (Å²) in [6.07, 6.45) is 0. The van der Waals surface area contributed by atoms with Crippen LogP contribution in [0.1, 0.15) is 0 Å². The maximum Gasteiger partial charge on any atom is 0.115 e. The van der Waals surface area contributed by atoms with Crippen molar-refractivity contribution < 1.29 is 0 Å². The molecule has 11 aromatic carbocycles. The first-order chi connectivity index (χ1) is 29.8. The molecule has 0 aliphatic rings. The molecule has 0 saturated carbocycles. The van der Waals surface area contributed by atoms with Crippen molar-refractivity contribution in [2.24, 2.45) is 0 Å². The Labute approximate surface area is 376 Å². The van der Waals surface area contributed by atoms with Gasteiger partial charge < -0.3 is 0 Å². The van der Waals surface area contributed by atoms with Gasteiger partial charge in [0, 0.05) is 0 Å². The summed E-state index contributed by atoms with van der Waals surface area (Å²) < 4.78 is 0. The fourth-order valence-electron chi connectivity index (χ4n) is 10.1. The molecular weight excluding hydrogens is 730 g/mol. The van der Waals surface area contributed by atoms with Gasteiger partial charge in [-0.1, -0.05) is 158 Å². The van der Waals surface area contributed by atoms with Gasteiger partial charge in [-0.05, 0) is 115 Å². The predicted octanol–water partition coefficient (Wildman–Crippen LogP) is -0.325. The second-order valence-electron chi connectivity index (χ2n) is 16.2. The van der Waals surface area contributed by atoms with Crippen molar-refractivity contribution in [3.8, 4) is 44.5 Å². The van der Waals surface area contributed by atoms with E-state index in [1.807, 2.05) is 36.4 Å². The minimum atomic E-state index is 0.00790. The van der Waals surface area contributed by atoms with Crippen molar-refractivity contribution in [2.75, 3.05) is 0 Å². The fraction of sp³-hybridized carbons (Fsp3) is 0. The first-order valence-electron chi connectivity index (χ1n) is 19.9. The minimum Gasteiger partial charge on any atom is -0.109 e. The van der Waals surface area contributed by atoms with Crippen LogP contribution >= 0.6 is 0 Å². The molecule has 0 nitrogen and oxygen atoms in total. The summed E-state index contributed by atoms with van der Waals surface area (Å²) in [5.74, 6) is 0. The van der Waals surface area contributed by atoms with Crippen LogP contribution in [0.3, 0.4) is 0 Å². The molecule has 0 heterocycles. The zero-order valence-corrected chi connectivity index (χ0v) is 33.3. The molecule has 62 heavy (non-hydrogen) atoms. The van der Waals surface area contributed by atoms with E-state index in [0.29, 0.717) is 11.1 Å². The monoisotopic (exact) mass is 750 g/mol. The molecule has 0 spiro atoms. The lowest BCUT2D eigenvalue weighted by atomic mass is 9.55. The summed E-state index contributed by atoms with van der Waals surface area (Å²) in [4.78, 5) is 0. The standard InChI is InChI=1S/C50H18B12/c51-39-33(27-17-15-23-13-11-19-4-1-5-21-14-16-26(27)32(23)29(19)21)41(53)49(61)47(59)35(39)37-43(55)45(57)38(46(58)44(37)56)36-40(52)34(42(54)50(62)48(36)60)28-18-24-8-2-6-20-10-12-22-7-3-9-25(28)31(22)30(20)24/h1-18H. The van der Waals surface area contributed by atoms with Gasteiger partial charge in [0.25, 0.3) is 0 Å². The zero-order chi connectivity index (χ0) is 43.2. The van der Waals surface area contributed by atoms with E-state index in [2.05, 4.69) is 72.8 Å². The average molecular weight is 748 g/mol. The lowest BCUT2D eigenvalue weighted by Gasteiger charge is -2.31. The molecule has 0 N–H and O–H groups in total. The van der Waals surface area contributed by atoms with Gasteiger partial charge in [-0.15, -0.1) is 10.9 Å². The van der Waals surface area contributed by atoms with E-state index >= 15 is 0 Å². The van der Waals surface area contributed by atoms with Crippen molar-refractivity contribution in [1.29, 1.82) is 0 Å². The van der Waals surface area contributed by atoms with E-state index in [1.54, 1.807) is 0 Å². The van der Waals surface area contributed by atoms with Crippen LogP contribution in [0.15, 0.2) is 109 Å². The molecular formula is C50H18B12. The van der Waals surface area contributed by atoms with Gasteiger partial charge in [-0.3, -0.25) is 0 Å². The van der Waals surface area contributed by atoms with Crippen LogP contribution in [0, 0.1) is 0 Å². The van der Waals surface area contributed by atoms with E-state index in [9.17, 15) is 0 Å². The number of hydrogen-bond acceptors (Lipinski definition) is 0. The van der Waals surface area contributed by atoms with E-state index in [1.165, 1.54) is 0 Å². The first-order valence-corrected chi connectivity index (χ1v) is 19.9. The number of hydrogen-bond donors (Lipinski definition) is 0. The third kappa shape index (κ3) is 5.19. The highest BCUT2D eigenvalue weighted by Crippen LogP contribution is 2.41. The molecule has 0 aliphatic heterocycles. The lowest BCUT2D eigenvalue weighted by Crippen LogP contribution is -2.52. The second-order valence-corrected chi connectivity index (χ2v) is 16.2. The van der Waals surface area contributed by atoms with E-state index < -0.39 is 0 Å². The Balaban J connectivity index is 1.16. The van der Waals surface area contributed by atoms with Crippen molar-refractivity contribution in [2.45, 2.75) is 0 Å². The minimum absolute atomic E-state index is 0.00790. The topological polar surface area (TPSA) is 0 Å². The van der Waals surface area contributed by atoms with Gasteiger partial charge >= 0.3 is 0 Å². The average Bonchev–Trinajstić information content (AvgIpc) is 3.28. The molecule has 11 aromatic rings. The fourth-order valence-corrected chi connectivity index (χ4v) is 10.1. The highest BCUT2D eigenvalue weighted by Gasteiger charge is 2.26. The van der Waals surface area contributed by atoms with Gasteiger partial charge in [0.05, 0.1) is 0 Å². The molecule has 254 valence electrons. The van der Waals surface area contributed by atoms with Gasteiger partial charge in [-0.25, -0.2) is 0 Å². The normalized spacial score (nSPS) is 12.0. The van der Waals surface area contributed by atoms with E-state index in [4.69, 9.17) is 94.2 Å².